The zero-order valence-electron chi connectivity index (χ0n) is 15.5. The van der Waals surface area contributed by atoms with Crippen molar-refractivity contribution in [2.24, 2.45) is 0 Å². The smallest absolute Gasteiger partial charge is 0.219 e. The second-order valence-corrected chi connectivity index (χ2v) is 7.00. The van der Waals surface area contributed by atoms with E-state index in [-0.39, 0.29) is 0 Å². The zero-order valence-corrected chi connectivity index (χ0v) is 15.5. The molecule has 4 aromatic carbocycles. The van der Waals surface area contributed by atoms with Crippen molar-refractivity contribution in [3.63, 3.8) is 0 Å². The number of fused-ring (bicyclic) bond motifs is 7. The molecule has 0 radical (unpaired) electrons. The third-order valence-corrected chi connectivity index (χ3v) is 5.18. The predicted octanol–water partition coefficient (Wildman–Crippen LogP) is 6.53. The van der Waals surface area contributed by atoms with Crippen molar-refractivity contribution in [1.29, 1.82) is 0 Å². The Morgan fingerprint density at radius 1 is 0.690 bits per heavy atom. The zero-order chi connectivity index (χ0) is 19.2. The molecule has 0 bridgehead atoms. The summed E-state index contributed by atoms with van der Waals surface area (Å²) in [6.07, 6.45) is 4.44. The van der Waals surface area contributed by atoms with E-state index in [9.17, 15) is 0 Å². The fourth-order valence-corrected chi connectivity index (χ4v) is 3.88. The van der Waals surface area contributed by atoms with Gasteiger partial charge in [0.25, 0.3) is 0 Å². The Bertz CT molecular complexity index is 1430. The van der Waals surface area contributed by atoms with Crippen molar-refractivity contribution in [3.8, 4) is 0 Å². The van der Waals surface area contributed by atoms with Crippen molar-refractivity contribution in [2.75, 3.05) is 0 Å². The van der Waals surface area contributed by atoms with E-state index in [1.807, 2.05) is 48.6 Å². The maximum Gasteiger partial charge on any atom is 0.219 e. The van der Waals surface area contributed by atoms with Gasteiger partial charge < -0.3 is 8.83 Å². The van der Waals surface area contributed by atoms with Gasteiger partial charge >= 0.3 is 0 Å². The monoisotopic (exact) mass is 376 g/mol. The average Bonchev–Trinajstić information content (AvgIpc) is 3.38. The van der Waals surface area contributed by atoms with Gasteiger partial charge in [-0.3, -0.25) is 0 Å². The predicted molar refractivity (Wildman–Crippen MR) is 116 cm³/mol. The highest BCUT2D eigenvalue weighted by Gasteiger charge is 2.13. The lowest BCUT2D eigenvalue weighted by Gasteiger charge is -2.04. The molecule has 0 saturated heterocycles. The van der Waals surface area contributed by atoms with E-state index >= 15 is 0 Å². The van der Waals surface area contributed by atoms with Crippen LogP contribution in [-0.2, 0) is 6.42 Å². The van der Waals surface area contributed by atoms with Crippen LogP contribution in [0.15, 0.2) is 87.7 Å². The van der Waals surface area contributed by atoms with Crippen molar-refractivity contribution in [2.45, 2.75) is 6.42 Å². The Hall–Kier alpha value is -3.92. The average molecular weight is 376 g/mol. The third-order valence-electron chi connectivity index (χ3n) is 5.18. The van der Waals surface area contributed by atoms with Crippen LogP contribution in [0.25, 0.3) is 49.8 Å². The van der Waals surface area contributed by atoms with E-state index in [1.54, 1.807) is 0 Å². The molecule has 6 rings (SSSR count). The minimum atomic E-state index is 0.578. The van der Waals surface area contributed by atoms with Gasteiger partial charge in [-0.05, 0) is 29.0 Å². The summed E-state index contributed by atoms with van der Waals surface area (Å²) in [5.74, 6) is 1.26. The Morgan fingerprint density at radius 3 is 2.21 bits per heavy atom. The first-order valence-electron chi connectivity index (χ1n) is 9.58. The molecule has 0 aliphatic heterocycles. The number of benzene rings is 4. The Kier molecular flexibility index (Phi) is 3.50. The molecule has 6 aromatic rings. The molecule has 0 amide bonds. The topological polar surface area (TPSA) is 52.1 Å². The number of hydrogen-bond acceptors (Lipinski definition) is 4. The maximum absolute atomic E-state index is 6.14. The Labute approximate surface area is 166 Å². The molecular weight excluding hydrogens is 360 g/mol. The highest BCUT2D eigenvalue weighted by molar-refractivity contribution is 6.22. The molecule has 2 aromatic heterocycles. The fraction of sp³-hybridized carbons (Fsp3) is 0.0400. The second kappa shape index (κ2) is 6.31. The van der Waals surface area contributed by atoms with Crippen LogP contribution < -0.4 is 0 Å². The van der Waals surface area contributed by atoms with Gasteiger partial charge in [-0.15, -0.1) is 0 Å². The summed E-state index contributed by atoms with van der Waals surface area (Å²) in [5.41, 5.74) is 3.38. The number of allylic oxidation sites excluding steroid dienone is 1. The molecule has 4 nitrogen and oxygen atoms in total. The van der Waals surface area contributed by atoms with Crippen LogP contribution in [0.5, 0.6) is 0 Å². The number of para-hydroxylation sites is 2. The van der Waals surface area contributed by atoms with Crippen LogP contribution in [0.3, 0.4) is 0 Å². The van der Waals surface area contributed by atoms with E-state index in [2.05, 4.69) is 41.4 Å². The van der Waals surface area contributed by atoms with Gasteiger partial charge in [0.05, 0.1) is 0 Å². The first-order chi connectivity index (χ1) is 14.4. The molecule has 0 fully saturated rings. The molecule has 0 aliphatic rings. The van der Waals surface area contributed by atoms with Crippen LogP contribution in [0, 0.1) is 0 Å². The largest absolute Gasteiger partial charge is 0.440 e. The molecule has 138 valence electrons. The summed E-state index contributed by atoms with van der Waals surface area (Å²) in [7, 11) is 0. The van der Waals surface area contributed by atoms with Gasteiger partial charge in [0.1, 0.15) is 11.0 Å². The van der Waals surface area contributed by atoms with Gasteiger partial charge in [-0.2, -0.15) is 0 Å². The van der Waals surface area contributed by atoms with Crippen LogP contribution in [0.2, 0.25) is 0 Å². The standard InChI is InChI=1S/C25H16N2O2/c1-3-10-18-16(8-1)17-9-2-4-11-19(17)25-24(18)27-23(29-25)15-7-14-22-26-20-12-5-6-13-21(20)28-22/h1-13,15H,14H2. The summed E-state index contributed by atoms with van der Waals surface area (Å²) in [6, 6.07) is 24.4. The van der Waals surface area contributed by atoms with Gasteiger partial charge in [-0.25, -0.2) is 9.97 Å². The van der Waals surface area contributed by atoms with E-state index in [4.69, 9.17) is 13.8 Å². The van der Waals surface area contributed by atoms with Gasteiger partial charge in [0.2, 0.25) is 5.89 Å². The molecule has 0 spiro atoms. The first-order valence-corrected chi connectivity index (χ1v) is 9.58. The quantitative estimate of drug-likeness (QED) is 0.329. The summed E-state index contributed by atoms with van der Waals surface area (Å²) in [4.78, 5) is 9.26. The minimum absolute atomic E-state index is 0.578. The first kappa shape index (κ1) is 16.1. The van der Waals surface area contributed by atoms with E-state index in [1.165, 1.54) is 10.8 Å². The van der Waals surface area contributed by atoms with E-state index in [0.717, 1.165) is 33.0 Å². The number of aromatic nitrogens is 2. The van der Waals surface area contributed by atoms with E-state index in [0.29, 0.717) is 18.2 Å². The highest BCUT2D eigenvalue weighted by atomic mass is 16.4. The van der Waals surface area contributed by atoms with Crippen molar-refractivity contribution in [1.82, 2.24) is 9.97 Å². The van der Waals surface area contributed by atoms with Crippen LogP contribution in [0.4, 0.5) is 0 Å². The normalized spacial score (nSPS) is 12.1. The van der Waals surface area contributed by atoms with Crippen molar-refractivity contribution in [3.05, 3.63) is 90.7 Å². The summed E-state index contributed by atoms with van der Waals surface area (Å²) in [6.45, 7) is 0. The molecule has 0 saturated carbocycles. The molecule has 29 heavy (non-hydrogen) atoms. The van der Waals surface area contributed by atoms with Crippen molar-refractivity contribution < 1.29 is 8.83 Å². The Balaban J connectivity index is 1.43. The van der Waals surface area contributed by atoms with Gasteiger partial charge in [0, 0.05) is 17.2 Å². The van der Waals surface area contributed by atoms with Crippen LogP contribution in [-0.4, -0.2) is 9.97 Å². The van der Waals surface area contributed by atoms with E-state index < -0.39 is 0 Å². The fourth-order valence-electron chi connectivity index (χ4n) is 3.88. The minimum Gasteiger partial charge on any atom is -0.440 e. The lowest BCUT2D eigenvalue weighted by Crippen LogP contribution is -1.80. The van der Waals surface area contributed by atoms with Crippen LogP contribution >= 0.6 is 0 Å². The lowest BCUT2D eigenvalue weighted by molar-refractivity contribution is 0.546. The number of oxazole rings is 2. The number of hydrogen-bond donors (Lipinski definition) is 0. The summed E-state index contributed by atoms with van der Waals surface area (Å²) >= 11 is 0. The lowest BCUT2D eigenvalue weighted by atomic mass is 10.0. The van der Waals surface area contributed by atoms with Crippen LogP contribution in [0.1, 0.15) is 11.8 Å². The van der Waals surface area contributed by atoms with Crippen molar-refractivity contribution >= 4 is 49.8 Å². The number of nitrogens with zero attached hydrogens (tertiary/aromatic N) is 2. The second-order valence-electron chi connectivity index (χ2n) is 7.00. The van der Waals surface area contributed by atoms with Gasteiger partial charge in [-0.1, -0.05) is 66.7 Å². The molecule has 0 N–H and O–H groups in total. The summed E-state index contributed by atoms with van der Waals surface area (Å²) in [5, 5.41) is 4.54. The SMILES string of the molecule is C(=Cc1nc2c3ccccc3c3ccccc3c2o1)Cc1nc2ccccc2o1. The van der Waals surface area contributed by atoms with Gasteiger partial charge in [0.15, 0.2) is 17.1 Å². The third kappa shape index (κ3) is 2.61. The molecule has 0 aliphatic carbocycles. The Morgan fingerprint density at radius 2 is 1.38 bits per heavy atom. The molecule has 4 heteroatoms. The summed E-state index contributed by atoms with van der Waals surface area (Å²) < 4.78 is 11.9. The molecule has 0 unspecified atom stereocenters. The molecule has 0 atom stereocenters. The highest BCUT2D eigenvalue weighted by Crippen LogP contribution is 2.35. The molecular formula is C25H16N2O2. The maximum atomic E-state index is 6.14. The number of rotatable bonds is 3. The molecule has 2 heterocycles.